The molecule has 0 spiro atoms. The maximum Gasteiger partial charge on any atom is 0.128 e. The molecule has 0 aromatic heterocycles. The van der Waals surface area contributed by atoms with Crippen LogP contribution in [0.5, 0.6) is 0 Å². The van der Waals surface area contributed by atoms with E-state index in [9.17, 15) is 4.39 Å². The van der Waals surface area contributed by atoms with E-state index in [1.807, 2.05) is 20.2 Å². The molecule has 0 amide bonds. The number of rotatable bonds is 6. The van der Waals surface area contributed by atoms with Crippen LogP contribution in [0.2, 0.25) is 0 Å². The van der Waals surface area contributed by atoms with Crippen molar-refractivity contribution in [2.45, 2.75) is 6.42 Å². The average Bonchev–Trinajstić information content (AvgIpc) is 2.22. The Morgan fingerprint density at radius 1 is 1.38 bits per heavy atom. The van der Waals surface area contributed by atoms with Crippen molar-refractivity contribution in [1.82, 2.24) is 4.90 Å². The molecule has 0 bridgehead atoms. The highest BCUT2D eigenvalue weighted by Gasteiger charge is 2.06. The van der Waals surface area contributed by atoms with E-state index in [2.05, 4.69) is 10.2 Å². The minimum Gasteiger partial charge on any atom is -0.383 e. The second kappa shape index (κ2) is 6.45. The van der Waals surface area contributed by atoms with Gasteiger partial charge >= 0.3 is 0 Å². The minimum absolute atomic E-state index is 0.180. The zero-order chi connectivity index (χ0) is 12.0. The molecular formula is C12H20FN3. The van der Waals surface area contributed by atoms with Gasteiger partial charge in [0.2, 0.25) is 0 Å². The normalized spacial score (nSPS) is 10.8. The lowest BCUT2D eigenvalue weighted by molar-refractivity contribution is 0.425. The van der Waals surface area contributed by atoms with Crippen LogP contribution in [0.4, 0.5) is 10.1 Å². The van der Waals surface area contributed by atoms with Crippen LogP contribution in [0.1, 0.15) is 5.56 Å². The van der Waals surface area contributed by atoms with E-state index in [1.165, 1.54) is 6.07 Å². The van der Waals surface area contributed by atoms with E-state index in [1.54, 1.807) is 6.07 Å². The highest BCUT2D eigenvalue weighted by molar-refractivity contribution is 5.51. The molecule has 3 N–H and O–H groups in total. The molecule has 0 unspecified atom stereocenters. The summed E-state index contributed by atoms with van der Waals surface area (Å²) in [4.78, 5) is 2.08. The smallest absolute Gasteiger partial charge is 0.128 e. The quantitative estimate of drug-likeness (QED) is 0.767. The minimum atomic E-state index is -0.180. The van der Waals surface area contributed by atoms with E-state index >= 15 is 0 Å². The number of hydrogen-bond donors (Lipinski definition) is 2. The van der Waals surface area contributed by atoms with Crippen LogP contribution in [0.15, 0.2) is 18.2 Å². The van der Waals surface area contributed by atoms with Crippen LogP contribution in [0.3, 0.4) is 0 Å². The van der Waals surface area contributed by atoms with Gasteiger partial charge in [0.1, 0.15) is 5.82 Å². The van der Waals surface area contributed by atoms with Crippen molar-refractivity contribution in [3.8, 4) is 0 Å². The second-order valence-corrected chi connectivity index (χ2v) is 4.03. The van der Waals surface area contributed by atoms with Crippen molar-refractivity contribution < 1.29 is 4.39 Å². The maximum atomic E-state index is 13.5. The molecule has 0 radical (unpaired) electrons. The van der Waals surface area contributed by atoms with Crippen LogP contribution < -0.4 is 11.1 Å². The number of halogens is 1. The van der Waals surface area contributed by atoms with Crippen molar-refractivity contribution >= 4 is 5.69 Å². The molecular weight excluding hydrogens is 205 g/mol. The number of nitrogens with zero attached hydrogens (tertiary/aromatic N) is 1. The molecule has 0 saturated carbocycles. The Morgan fingerprint density at radius 2 is 2.12 bits per heavy atom. The summed E-state index contributed by atoms with van der Waals surface area (Å²) in [5, 5.41) is 3.23. The third kappa shape index (κ3) is 3.79. The van der Waals surface area contributed by atoms with Crippen LogP contribution in [-0.4, -0.2) is 38.6 Å². The molecule has 90 valence electrons. The molecule has 3 nitrogen and oxygen atoms in total. The SMILES string of the molecule is CN(C)CCNc1cccc(F)c1CCN. The lowest BCUT2D eigenvalue weighted by Crippen LogP contribution is -2.21. The number of benzene rings is 1. The summed E-state index contributed by atoms with van der Waals surface area (Å²) < 4.78 is 13.5. The van der Waals surface area contributed by atoms with Gasteiger partial charge in [-0.1, -0.05) is 6.07 Å². The van der Waals surface area contributed by atoms with Crippen LogP contribution >= 0.6 is 0 Å². The van der Waals surface area contributed by atoms with Gasteiger partial charge < -0.3 is 16.0 Å². The summed E-state index contributed by atoms with van der Waals surface area (Å²) >= 11 is 0. The lowest BCUT2D eigenvalue weighted by Gasteiger charge is -2.14. The summed E-state index contributed by atoms with van der Waals surface area (Å²) in [6.45, 7) is 2.18. The number of hydrogen-bond acceptors (Lipinski definition) is 3. The van der Waals surface area contributed by atoms with Gasteiger partial charge in [0, 0.05) is 24.3 Å². The van der Waals surface area contributed by atoms with Gasteiger partial charge in [0.25, 0.3) is 0 Å². The van der Waals surface area contributed by atoms with Gasteiger partial charge in [-0.05, 0) is 39.2 Å². The Hall–Kier alpha value is -1.13. The molecule has 0 aliphatic carbocycles. The molecule has 4 heteroatoms. The molecule has 0 saturated heterocycles. The number of nitrogens with one attached hydrogen (secondary N) is 1. The molecule has 0 aliphatic rings. The zero-order valence-electron chi connectivity index (χ0n) is 9.96. The second-order valence-electron chi connectivity index (χ2n) is 4.03. The molecule has 1 aromatic carbocycles. The zero-order valence-corrected chi connectivity index (χ0v) is 9.96. The molecule has 0 heterocycles. The van der Waals surface area contributed by atoms with Gasteiger partial charge in [-0.25, -0.2) is 4.39 Å². The van der Waals surface area contributed by atoms with Crippen LogP contribution in [-0.2, 0) is 6.42 Å². The van der Waals surface area contributed by atoms with Gasteiger partial charge in [-0.2, -0.15) is 0 Å². The van der Waals surface area contributed by atoms with Crippen LogP contribution in [0, 0.1) is 5.82 Å². The Labute approximate surface area is 96.4 Å². The molecule has 16 heavy (non-hydrogen) atoms. The van der Waals surface area contributed by atoms with E-state index in [0.717, 1.165) is 18.8 Å². The van der Waals surface area contributed by atoms with E-state index in [-0.39, 0.29) is 5.82 Å². The molecule has 0 fully saturated rings. The van der Waals surface area contributed by atoms with Crippen molar-refractivity contribution in [3.05, 3.63) is 29.6 Å². The number of likely N-dealkylation sites (N-methyl/N-ethyl adjacent to an activating group) is 1. The van der Waals surface area contributed by atoms with Crippen molar-refractivity contribution in [2.24, 2.45) is 5.73 Å². The number of nitrogens with two attached hydrogens (primary N) is 1. The summed E-state index contributed by atoms with van der Waals surface area (Å²) in [6.07, 6.45) is 0.566. The Morgan fingerprint density at radius 3 is 2.75 bits per heavy atom. The Balaban J connectivity index is 2.66. The third-order valence-electron chi connectivity index (χ3n) is 2.39. The van der Waals surface area contributed by atoms with Gasteiger partial charge in [0.05, 0.1) is 0 Å². The summed E-state index contributed by atoms with van der Waals surface area (Å²) in [6, 6.07) is 5.08. The van der Waals surface area contributed by atoms with E-state index in [0.29, 0.717) is 18.5 Å². The fraction of sp³-hybridized carbons (Fsp3) is 0.500. The van der Waals surface area contributed by atoms with Crippen molar-refractivity contribution in [1.29, 1.82) is 0 Å². The highest BCUT2D eigenvalue weighted by atomic mass is 19.1. The molecule has 1 aromatic rings. The molecule has 1 rings (SSSR count). The first kappa shape index (κ1) is 12.9. The maximum absolute atomic E-state index is 13.5. The van der Waals surface area contributed by atoms with Gasteiger partial charge in [-0.15, -0.1) is 0 Å². The lowest BCUT2D eigenvalue weighted by atomic mass is 10.1. The third-order valence-corrected chi connectivity index (χ3v) is 2.39. The summed E-state index contributed by atoms with van der Waals surface area (Å²) in [5.74, 6) is -0.180. The summed E-state index contributed by atoms with van der Waals surface area (Å²) in [7, 11) is 4.02. The van der Waals surface area contributed by atoms with E-state index in [4.69, 9.17) is 5.73 Å². The topological polar surface area (TPSA) is 41.3 Å². The fourth-order valence-electron chi connectivity index (χ4n) is 1.54. The van der Waals surface area contributed by atoms with E-state index < -0.39 is 0 Å². The molecule has 0 atom stereocenters. The average molecular weight is 225 g/mol. The fourth-order valence-corrected chi connectivity index (χ4v) is 1.54. The number of anilines is 1. The van der Waals surface area contributed by atoms with Crippen LogP contribution in [0.25, 0.3) is 0 Å². The highest BCUT2D eigenvalue weighted by Crippen LogP contribution is 2.18. The first-order valence-corrected chi connectivity index (χ1v) is 5.51. The van der Waals surface area contributed by atoms with Gasteiger partial charge in [-0.3, -0.25) is 0 Å². The van der Waals surface area contributed by atoms with Crippen molar-refractivity contribution in [2.75, 3.05) is 39.0 Å². The standard InChI is InChI=1S/C12H20FN3/c1-16(2)9-8-15-12-5-3-4-11(13)10(12)6-7-14/h3-5,15H,6-9,14H2,1-2H3. The largest absolute Gasteiger partial charge is 0.383 e. The Bertz CT molecular complexity index is 326. The van der Waals surface area contributed by atoms with Crippen molar-refractivity contribution in [3.63, 3.8) is 0 Å². The first-order chi connectivity index (χ1) is 7.65. The predicted octanol–water partition coefficient (Wildman–Crippen LogP) is 1.30. The predicted molar refractivity (Wildman–Crippen MR) is 66.2 cm³/mol. The summed E-state index contributed by atoms with van der Waals surface area (Å²) in [5.41, 5.74) is 7.01. The monoisotopic (exact) mass is 225 g/mol. The molecule has 0 aliphatic heterocycles. The Kier molecular flexibility index (Phi) is 5.22. The first-order valence-electron chi connectivity index (χ1n) is 5.51. The van der Waals surface area contributed by atoms with Gasteiger partial charge in [0.15, 0.2) is 0 Å².